The van der Waals surface area contributed by atoms with Gasteiger partial charge in [0.2, 0.25) is 0 Å². The first-order valence-corrected chi connectivity index (χ1v) is 15.0. The molecule has 3 saturated carbocycles. The summed E-state index contributed by atoms with van der Waals surface area (Å²) in [5.74, 6) is 1.32. The van der Waals surface area contributed by atoms with Crippen molar-refractivity contribution in [1.29, 1.82) is 0 Å². The van der Waals surface area contributed by atoms with Gasteiger partial charge >= 0.3 is 16.4 Å². The highest BCUT2D eigenvalue weighted by molar-refractivity contribution is 7.80. The Balaban J connectivity index is 1.44. The van der Waals surface area contributed by atoms with Crippen molar-refractivity contribution in [2.45, 2.75) is 97.7 Å². The van der Waals surface area contributed by atoms with Gasteiger partial charge in [0.05, 0.1) is 12.7 Å². The molecule has 0 saturated heterocycles. The summed E-state index contributed by atoms with van der Waals surface area (Å²) >= 11 is 0. The highest BCUT2D eigenvalue weighted by Crippen LogP contribution is 2.65. The molecule has 4 aliphatic rings. The molecule has 2 N–H and O–H groups in total. The Morgan fingerprint density at radius 2 is 1.83 bits per heavy atom. The fourth-order valence-electron chi connectivity index (χ4n) is 8.21. The summed E-state index contributed by atoms with van der Waals surface area (Å²) in [7, 11) is -4.44. The summed E-state index contributed by atoms with van der Waals surface area (Å²) in [6.45, 7) is 12.9. The second kappa shape index (κ2) is 10.2. The molecule has 0 bridgehead atoms. The molecule has 0 aromatic rings. The molecular formula is C28H44O7S. The Morgan fingerprint density at radius 1 is 1.17 bits per heavy atom. The summed E-state index contributed by atoms with van der Waals surface area (Å²) in [5.41, 5.74) is 2.25. The van der Waals surface area contributed by atoms with Gasteiger partial charge in [0.25, 0.3) is 0 Å². The van der Waals surface area contributed by atoms with E-state index in [0.717, 1.165) is 56.9 Å². The lowest BCUT2D eigenvalue weighted by molar-refractivity contribution is -0.159. The SMILES string of the molecule is C=C(CCC(C)C1CCC2C3=CC(=O)OC4CC(O)CCC4(C)C3CCC21C)C(C)COS(=O)(=O)O. The molecule has 0 amide bonds. The first-order valence-electron chi connectivity index (χ1n) is 13.6. The molecule has 0 radical (unpaired) electrons. The molecule has 3 fully saturated rings. The molecule has 0 aromatic carbocycles. The van der Waals surface area contributed by atoms with E-state index in [9.17, 15) is 18.3 Å². The Bertz CT molecular complexity index is 1000. The molecule has 0 aromatic heterocycles. The van der Waals surface area contributed by atoms with Gasteiger partial charge in [-0.15, -0.1) is 0 Å². The van der Waals surface area contributed by atoms with Crippen LogP contribution in [-0.2, 0) is 24.1 Å². The van der Waals surface area contributed by atoms with Crippen LogP contribution in [-0.4, -0.2) is 42.9 Å². The Labute approximate surface area is 216 Å². The minimum atomic E-state index is -4.44. The topological polar surface area (TPSA) is 110 Å². The number of esters is 1. The third kappa shape index (κ3) is 5.33. The van der Waals surface area contributed by atoms with Crippen LogP contribution in [0.4, 0.5) is 0 Å². The van der Waals surface area contributed by atoms with Crippen LogP contribution in [0.5, 0.6) is 0 Å². The molecule has 9 unspecified atom stereocenters. The molecule has 1 aliphatic heterocycles. The van der Waals surface area contributed by atoms with Gasteiger partial charge < -0.3 is 9.84 Å². The largest absolute Gasteiger partial charge is 0.459 e. The van der Waals surface area contributed by atoms with E-state index < -0.39 is 10.4 Å². The first-order chi connectivity index (χ1) is 16.7. The second-order valence-corrected chi connectivity index (χ2v) is 13.7. The lowest BCUT2D eigenvalue weighted by atomic mass is 9.52. The van der Waals surface area contributed by atoms with E-state index in [1.165, 1.54) is 5.57 Å². The molecule has 1 heterocycles. The zero-order valence-corrected chi connectivity index (χ0v) is 23.1. The maximum Gasteiger partial charge on any atom is 0.397 e. The van der Waals surface area contributed by atoms with Crippen LogP contribution >= 0.6 is 0 Å². The average molecular weight is 525 g/mol. The van der Waals surface area contributed by atoms with Crippen LogP contribution in [0.1, 0.15) is 85.5 Å². The lowest BCUT2D eigenvalue weighted by Gasteiger charge is -2.53. The monoisotopic (exact) mass is 524 g/mol. The average Bonchev–Trinajstić information content (AvgIpc) is 3.10. The van der Waals surface area contributed by atoms with Crippen molar-refractivity contribution in [3.63, 3.8) is 0 Å². The smallest absolute Gasteiger partial charge is 0.397 e. The summed E-state index contributed by atoms with van der Waals surface area (Å²) < 4.78 is 41.0. The summed E-state index contributed by atoms with van der Waals surface area (Å²) in [4.78, 5) is 12.9. The first kappa shape index (κ1) is 27.8. The van der Waals surface area contributed by atoms with Gasteiger partial charge in [-0.2, -0.15) is 8.42 Å². The lowest BCUT2D eigenvalue weighted by Crippen LogP contribution is -2.50. The third-order valence-electron chi connectivity index (χ3n) is 10.5. The second-order valence-electron chi connectivity index (χ2n) is 12.6. The van der Waals surface area contributed by atoms with Gasteiger partial charge in [-0.25, -0.2) is 8.98 Å². The van der Waals surface area contributed by atoms with Crippen molar-refractivity contribution in [3.05, 3.63) is 23.8 Å². The van der Waals surface area contributed by atoms with E-state index in [-0.39, 0.29) is 41.5 Å². The van der Waals surface area contributed by atoms with Crippen molar-refractivity contribution in [1.82, 2.24) is 0 Å². The maximum absolute atomic E-state index is 12.9. The summed E-state index contributed by atoms with van der Waals surface area (Å²) in [6.07, 6.45) is 9.56. The molecule has 9 atom stereocenters. The predicted octanol–water partition coefficient (Wildman–Crippen LogP) is 5.26. The Kier molecular flexibility index (Phi) is 7.84. The van der Waals surface area contributed by atoms with Gasteiger partial charge in [0.1, 0.15) is 6.10 Å². The Morgan fingerprint density at radius 3 is 2.53 bits per heavy atom. The van der Waals surface area contributed by atoms with E-state index in [1.54, 1.807) is 0 Å². The minimum absolute atomic E-state index is 0.0995. The number of ether oxygens (including phenoxy) is 1. The van der Waals surface area contributed by atoms with Crippen molar-refractivity contribution in [3.8, 4) is 0 Å². The van der Waals surface area contributed by atoms with Gasteiger partial charge in [0.15, 0.2) is 0 Å². The van der Waals surface area contributed by atoms with Gasteiger partial charge in [-0.05, 0) is 80.5 Å². The highest BCUT2D eigenvalue weighted by Gasteiger charge is 2.58. The fourth-order valence-corrected chi connectivity index (χ4v) is 8.59. The van der Waals surface area contributed by atoms with Crippen molar-refractivity contribution in [2.75, 3.05) is 6.61 Å². The fraction of sp³-hybridized carbons (Fsp3) is 0.821. The van der Waals surface area contributed by atoms with E-state index >= 15 is 0 Å². The van der Waals surface area contributed by atoms with Crippen LogP contribution in [0.3, 0.4) is 0 Å². The maximum atomic E-state index is 12.9. The number of aliphatic hydroxyl groups is 1. The number of carbonyl (C=O) groups is 1. The number of rotatable bonds is 8. The molecule has 0 spiro atoms. The number of allylic oxidation sites excluding steroid dienone is 1. The van der Waals surface area contributed by atoms with Crippen LogP contribution in [0.25, 0.3) is 0 Å². The van der Waals surface area contributed by atoms with Crippen LogP contribution in [0, 0.1) is 40.4 Å². The molecule has 8 heteroatoms. The van der Waals surface area contributed by atoms with Gasteiger partial charge in [-0.1, -0.05) is 45.4 Å². The zero-order chi connectivity index (χ0) is 26.5. The number of hydrogen-bond donors (Lipinski definition) is 2. The van der Waals surface area contributed by atoms with Crippen molar-refractivity contribution >= 4 is 16.4 Å². The van der Waals surface area contributed by atoms with E-state index in [0.29, 0.717) is 30.1 Å². The zero-order valence-electron chi connectivity index (χ0n) is 22.2. The van der Waals surface area contributed by atoms with E-state index in [1.807, 2.05) is 13.0 Å². The molecule has 36 heavy (non-hydrogen) atoms. The van der Waals surface area contributed by atoms with Crippen LogP contribution < -0.4 is 0 Å². The summed E-state index contributed by atoms with van der Waals surface area (Å²) in [6, 6.07) is 0. The molecular weight excluding hydrogens is 480 g/mol. The van der Waals surface area contributed by atoms with Crippen LogP contribution in [0.2, 0.25) is 0 Å². The normalized spacial score (nSPS) is 40.1. The number of fused-ring (bicyclic) bond motifs is 5. The number of carbonyl (C=O) groups excluding carboxylic acids is 1. The van der Waals surface area contributed by atoms with Crippen LogP contribution in [0.15, 0.2) is 23.8 Å². The number of hydrogen-bond acceptors (Lipinski definition) is 6. The predicted molar refractivity (Wildman–Crippen MR) is 137 cm³/mol. The number of aliphatic hydroxyl groups excluding tert-OH is 1. The van der Waals surface area contributed by atoms with Gasteiger partial charge in [-0.3, -0.25) is 4.55 Å². The Hall–Kier alpha value is -1.22. The standard InChI is InChI=1S/C28H44O7S/c1-17(19(3)16-34-36(31,32)33)6-7-18(2)22-8-9-23-21-15-26(30)35-25-14-20(29)10-12-28(25,5)24(21)11-13-27(22,23)4/h15,18-20,22-25,29H,1,6-14,16H2,2-5H3,(H,31,32,33). The highest BCUT2D eigenvalue weighted by atomic mass is 32.3. The van der Waals surface area contributed by atoms with E-state index in [2.05, 4.69) is 31.5 Å². The van der Waals surface area contributed by atoms with Gasteiger partial charge in [0, 0.05) is 23.8 Å². The molecule has 204 valence electrons. The minimum Gasteiger partial charge on any atom is -0.459 e. The van der Waals surface area contributed by atoms with E-state index in [4.69, 9.17) is 9.29 Å². The molecule has 7 nitrogen and oxygen atoms in total. The summed E-state index contributed by atoms with van der Waals surface area (Å²) in [5, 5.41) is 10.3. The van der Waals surface area contributed by atoms with Crippen molar-refractivity contribution < 1.29 is 31.8 Å². The third-order valence-corrected chi connectivity index (χ3v) is 11.0. The van der Waals surface area contributed by atoms with Crippen molar-refractivity contribution in [2.24, 2.45) is 40.4 Å². The molecule has 4 rings (SSSR count). The quantitative estimate of drug-likeness (QED) is 0.253. The molecule has 3 aliphatic carbocycles.